The number of nitrogens with zero attached hydrogens (tertiary/aromatic N) is 2. The highest BCUT2D eigenvalue weighted by molar-refractivity contribution is 7.92. The molecule has 1 N–H and O–H groups in total. The van der Waals surface area contributed by atoms with Crippen LogP contribution in [0.1, 0.15) is 53.1 Å². The quantitative estimate of drug-likeness (QED) is 0.650. The van der Waals surface area contributed by atoms with E-state index in [0.717, 1.165) is 43.1 Å². The number of sulfonamides is 2. The van der Waals surface area contributed by atoms with Crippen molar-refractivity contribution in [1.82, 2.24) is 9.21 Å². The third-order valence-electron chi connectivity index (χ3n) is 6.62. The molecule has 0 bridgehead atoms. The lowest BCUT2D eigenvalue weighted by atomic mass is 9.89. The zero-order chi connectivity index (χ0) is 24.5. The van der Waals surface area contributed by atoms with E-state index in [1.54, 1.807) is 46.5 Å². The molecule has 2 aromatic carbocycles. The van der Waals surface area contributed by atoms with Crippen LogP contribution in [-0.2, 0) is 20.0 Å². The van der Waals surface area contributed by atoms with E-state index < -0.39 is 20.0 Å². The summed E-state index contributed by atoms with van der Waals surface area (Å²) in [4.78, 5) is 15.2. The molecule has 4 rings (SSSR count). The van der Waals surface area contributed by atoms with Gasteiger partial charge in [-0.1, -0.05) is 18.2 Å². The van der Waals surface area contributed by atoms with Gasteiger partial charge in [-0.2, -0.15) is 4.31 Å². The zero-order valence-electron chi connectivity index (χ0n) is 19.5. The molecule has 0 saturated carbocycles. The number of aryl methyl sites for hydroxylation is 1. The summed E-state index contributed by atoms with van der Waals surface area (Å²) < 4.78 is 52.7. The number of piperidine rings is 1. The van der Waals surface area contributed by atoms with Gasteiger partial charge in [0.1, 0.15) is 0 Å². The second kappa shape index (κ2) is 9.67. The van der Waals surface area contributed by atoms with Gasteiger partial charge in [-0.05, 0) is 73.9 Å². The SMILES string of the molecule is Cc1ccc(C(=O)N2CCC(c3ccc(S(=O)(=O)N4CCCC4)cc3)CC2)cc1NS(C)(=O)=O. The number of anilines is 1. The van der Waals surface area contributed by atoms with E-state index in [-0.39, 0.29) is 11.8 Å². The lowest BCUT2D eigenvalue weighted by Crippen LogP contribution is -2.38. The Labute approximate surface area is 202 Å². The minimum Gasteiger partial charge on any atom is -0.339 e. The van der Waals surface area contributed by atoms with Crippen molar-refractivity contribution in [3.63, 3.8) is 0 Å². The number of likely N-dealkylation sites (tertiary alicyclic amines) is 1. The first-order chi connectivity index (χ1) is 16.0. The molecule has 2 saturated heterocycles. The van der Waals surface area contributed by atoms with Gasteiger partial charge >= 0.3 is 0 Å². The van der Waals surface area contributed by atoms with E-state index in [1.807, 2.05) is 12.1 Å². The number of hydrogen-bond acceptors (Lipinski definition) is 5. The summed E-state index contributed by atoms with van der Waals surface area (Å²) in [5, 5.41) is 0. The van der Waals surface area contributed by atoms with Gasteiger partial charge in [0.05, 0.1) is 16.8 Å². The Bertz CT molecular complexity index is 1260. The molecule has 8 nitrogen and oxygen atoms in total. The van der Waals surface area contributed by atoms with Crippen LogP contribution in [0.15, 0.2) is 47.4 Å². The summed E-state index contributed by atoms with van der Waals surface area (Å²) in [5.41, 5.74) is 2.69. The average Bonchev–Trinajstić information content (AvgIpc) is 3.35. The number of hydrogen-bond donors (Lipinski definition) is 1. The van der Waals surface area contributed by atoms with Gasteiger partial charge in [0.15, 0.2) is 0 Å². The lowest BCUT2D eigenvalue weighted by Gasteiger charge is -2.32. The summed E-state index contributed by atoms with van der Waals surface area (Å²) >= 11 is 0. The fourth-order valence-electron chi connectivity index (χ4n) is 4.65. The molecule has 0 unspecified atom stereocenters. The Morgan fingerprint density at radius 1 is 0.912 bits per heavy atom. The Morgan fingerprint density at radius 3 is 2.12 bits per heavy atom. The predicted octanol–water partition coefficient (Wildman–Crippen LogP) is 3.17. The first-order valence-electron chi connectivity index (χ1n) is 11.5. The predicted molar refractivity (Wildman–Crippen MR) is 132 cm³/mol. The van der Waals surface area contributed by atoms with Crippen LogP contribution in [0, 0.1) is 6.92 Å². The second-order valence-electron chi connectivity index (χ2n) is 9.15. The van der Waals surface area contributed by atoms with Crippen molar-refractivity contribution >= 4 is 31.6 Å². The van der Waals surface area contributed by atoms with Crippen LogP contribution >= 0.6 is 0 Å². The van der Waals surface area contributed by atoms with Gasteiger partial charge in [-0.25, -0.2) is 16.8 Å². The van der Waals surface area contributed by atoms with Crippen LogP contribution < -0.4 is 4.72 Å². The Hall–Kier alpha value is -2.43. The van der Waals surface area contributed by atoms with Crippen LogP contribution in [0.5, 0.6) is 0 Å². The van der Waals surface area contributed by atoms with E-state index in [9.17, 15) is 21.6 Å². The Morgan fingerprint density at radius 2 is 1.53 bits per heavy atom. The van der Waals surface area contributed by atoms with Gasteiger partial charge in [0, 0.05) is 31.7 Å². The number of nitrogens with one attached hydrogen (secondary N) is 1. The molecule has 0 atom stereocenters. The summed E-state index contributed by atoms with van der Waals surface area (Å²) in [5.74, 6) is 0.134. The average molecular weight is 506 g/mol. The number of rotatable bonds is 6. The molecule has 0 aliphatic carbocycles. The van der Waals surface area contributed by atoms with Gasteiger partial charge in [0.25, 0.3) is 5.91 Å². The van der Waals surface area contributed by atoms with Gasteiger partial charge in [-0.15, -0.1) is 0 Å². The van der Waals surface area contributed by atoms with Crippen molar-refractivity contribution in [2.75, 3.05) is 37.2 Å². The second-order valence-corrected chi connectivity index (χ2v) is 12.8. The van der Waals surface area contributed by atoms with Gasteiger partial charge in [0.2, 0.25) is 20.0 Å². The summed E-state index contributed by atoms with van der Waals surface area (Å²) in [6.45, 7) is 4.13. The van der Waals surface area contributed by atoms with Crippen molar-refractivity contribution in [2.24, 2.45) is 0 Å². The summed E-state index contributed by atoms with van der Waals surface area (Å²) in [7, 11) is -6.85. The molecular formula is C24H31N3O5S2. The minimum atomic E-state index is -3.44. The largest absolute Gasteiger partial charge is 0.339 e. The standard InChI is InChI=1S/C24H31N3O5S2/c1-18-5-6-21(17-23(18)25-33(2,29)30)24(28)26-15-11-20(12-16-26)19-7-9-22(10-8-19)34(31,32)27-13-3-4-14-27/h5-10,17,20,25H,3-4,11-16H2,1-2H3. The van der Waals surface area contributed by atoms with Crippen LogP contribution in [0.4, 0.5) is 5.69 Å². The smallest absolute Gasteiger partial charge is 0.253 e. The maximum atomic E-state index is 13.0. The lowest BCUT2D eigenvalue weighted by molar-refractivity contribution is 0.0713. The zero-order valence-corrected chi connectivity index (χ0v) is 21.2. The van der Waals surface area contributed by atoms with Crippen molar-refractivity contribution in [3.05, 3.63) is 59.2 Å². The molecule has 2 aromatic rings. The Kier molecular flexibility index (Phi) is 7.02. The first kappa shape index (κ1) is 24.7. The van der Waals surface area contributed by atoms with Crippen molar-refractivity contribution in [1.29, 1.82) is 0 Å². The molecular weight excluding hydrogens is 474 g/mol. The molecule has 184 valence electrons. The van der Waals surface area contributed by atoms with E-state index >= 15 is 0 Å². The van der Waals surface area contributed by atoms with Crippen LogP contribution in [-0.4, -0.2) is 64.4 Å². The van der Waals surface area contributed by atoms with E-state index in [1.165, 1.54) is 0 Å². The van der Waals surface area contributed by atoms with Crippen molar-refractivity contribution in [2.45, 2.75) is 43.4 Å². The fourth-order valence-corrected chi connectivity index (χ4v) is 6.79. The number of carbonyl (C=O) groups excluding carboxylic acids is 1. The van der Waals surface area contributed by atoms with Gasteiger partial charge in [-0.3, -0.25) is 9.52 Å². The number of carbonyl (C=O) groups is 1. The monoisotopic (exact) mass is 505 g/mol. The molecule has 10 heteroatoms. The molecule has 2 heterocycles. The molecule has 2 aliphatic heterocycles. The van der Waals surface area contributed by atoms with Crippen LogP contribution in [0.3, 0.4) is 0 Å². The van der Waals surface area contributed by atoms with Gasteiger partial charge < -0.3 is 4.90 Å². The Balaban J connectivity index is 1.40. The highest BCUT2D eigenvalue weighted by Crippen LogP contribution is 2.31. The molecule has 2 aliphatic rings. The highest BCUT2D eigenvalue weighted by atomic mass is 32.2. The fraction of sp³-hybridized carbons (Fsp3) is 0.458. The van der Waals surface area contributed by atoms with E-state index in [4.69, 9.17) is 0 Å². The highest BCUT2D eigenvalue weighted by Gasteiger charge is 2.28. The first-order valence-corrected chi connectivity index (χ1v) is 14.9. The van der Waals surface area contributed by atoms with Crippen molar-refractivity contribution in [3.8, 4) is 0 Å². The molecule has 34 heavy (non-hydrogen) atoms. The van der Waals surface area contributed by atoms with Crippen LogP contribution in [0.2, 0.25) is 0 Å². The molecule has 0 aromatic heterocycles. The summed E-state index contributed by atoms with van der Waals surface area (Å²) in [6.07, 6.45) is 4.47. The number of benzene rings is 2. The van der Waals surface area contributed by atoms with Crippen molar-refractivity contribution < 1.29 is 21.6 Å². The normalized spacial score (nSPS) is 18.2. The maximum absolute atomic E-state index is 13.0. The minimum absolute atomic E-state index is 0.123. The molecule has 0 spiro atoms. The molecule has 0 radical (unpaired) electrons. The molecule has 1 amide bonds. The van der Waals surface area contributed by atoms with Crippen LogP contribution in [0.25, 0.3) is 0 Å². The topological polar surface area (TPSA) is 104 Å². The molecule has 2 fully saturated rings. The maximum Gasteiger partial charge on any atom is 0.253 e. The third-order valence-corrected chi connectivity index (χ3v) is 9.12. The van der Waals surface area contributed by atoms with E-state index in [2.05, 4.69) is 4.72 Å². The number of amides is 1. The third kappa shape index (κ3) is 5.45. The van der Waals surface area contributed by atoms with E-state index in [0.29, 0.717) is 42.3 Å². The summed E-state index contributed by atoms with van der Waals surface area (Å²) in [6, 6.07) is 12.2.